The first-order valence-corrected chi connectivity index (χ1v) is 9.95. The highest BCUT2D eigenvalue weighted by Crippen LogP contribution is 2.34. The molecule has 1 unspecified atom stereocenters. The van der Waals surface area contributed by atoms with Crippen LogP contribution in [0.2, 0.25) is 0 Å². The Kier molecular flexibility index (Phi) is 6.03. The van der Waals surface area contributed by atoms with Crippen molar-refractivity contribution in [3.8, 4) is 11.5 Å². The topological polar surface area (TPSA) is 77.1 Å². The Morgan fingerprint density at radius 1 is 1.07 bits per heavy atom. The molecule has 158 valence electrons. The van der Waals surface area contributed by atoms with Gasteiger partial charge >= 0.3 is 12.4 Å². The van der Waals surface area contributed by atoms with Gasteiger partial charge in [-0.2, -0.15) is 26.3 Å². The van der Waals surface area contributed by atoms with Crippen LogP contribution in [0, 0.1) is 0 Å². The largest absolute Gasteiger partial charge is 0.480 e. The van der Waals surface area contributed by atoms with Gasteiger partial charge in [0.05, 0.1) is 27.8 Å². The number of thiophene rings is 1. The zero-order valence-electron chi connectivity index (χ0n) is 14.1. The zero-order valence-corrected chi connectivity index (χ0v) is 15.8. The summed E-state index contributed by atoms with van der Waals surface area (Å²) in [5.41, 5.74) is 0.926. The van der Waals surface area contributed by atoms with Gasteiger partial charge in [0.1, 0.15) is 5.52 Å². The van der Waals surface area contributed by atoms with Crippen molar-refractivity contribution in [2.45, 2.75) is 23.3 Å². The lowest BCUT2D eigenvalue weighted by molar-refractivity contribution is -0.158. The molecule has 0 aliphatic carbocycles. The highest BCUT2D eigenvalue weighted by molar-refractivity contribution is 7.84. The zero-order chi connectivity index (χ0) is 21.2. The van der Waals surface area contributed by atoms with E-state index in [4.69, 9.17) is 0 Å². The SMILES string of the molecule is O=S(Cc1nccc(OCC(F)(F)F)c1OCC(F)(F)F)c1nc2cscc2[nH]1. The highest BCUT2D eigenvalue weighted by atomic mass is 32.2. The third-order valence-corrected chi connectivity index (χ3v) is 5.19. The first-order valence-electron chi connectivity index (χ1n) is 7.69. The molecule has 3 aromatic heterocycles. The normalized spacial score (nSPS) is 13.6. The van der Waals surface area contributed by atoms with Crippen LogP contribution in [0.3, 0.4) is 0 Å². The van der Waals surface area contributed by atoms with Crippen LogP contribution in [0.15, 0.2) is 28.2 Å². The Morgan fingerprint density at radius 2 is 1.76 bits per heavy atom. The van der Waals surface area contributed by atoms with Crippen LogP contribution in [0.5, 0.6) is 11.5 Å². The lowest BCUT2D eigenvalue weighted by Crippen LogP contribution is -2.22. The molecule has 3 aromatic rings. The number of fused-ring (bicyclic) bond motifs is 1. The van der Waals surface area contributed by atoms with Crippen molar-refractivity contribution in [1.82, 2.24) is 15.0 Å². The fourth-order valence-electron chi connectivity index (χ4n) is 2.18. The molecule has 0 saturated carbocycles. The number of H-pyrrole nitrogens is 1. The second kappa shape index (κ2) is 8.18. The average Bonchev–Trinajstić information content (AvgIpc) is 3.19. The molecule has 29 heavy (non-hydrogen) atoms. The molecule has 0 fully saturated rings. The number of pyridine rings is 1. The van der Waals surface area contributed by atoms with Gasteiger partial charge in [0.15, 0.2) is 29.9 Å². The van der Waals surface area contributed by atoms with Gasteiger partial charge in [-0.1, -0.05) is 0 Å². The summed E-state index contributed by atoms with van der Waals surface area (Å²) in [5.74, 6) is -1.69. The minimum absolute atomic E-state index is 0.0491. The molecule has 0 spiro atoms. The van der Waals surface area contributed by atoms with Crippen LogP contribution < -0.4 is 9.47 Å². The van der Waals surface area contributed by atoms with Gasteiger partial charge in [0, 0.05) is 23.0 Å². The average molecular weight is 459 g/mol. The first-order chi connectivity index (χ1) is 13.5. The second-order valence-corrected chi connectivity index (χ2v) is 7.71. The number of imidazole rings is 1. The van der Waals surface area contributed by atoms with Crippen LogP contribution in [0.4, 0.5) is 26.3 Å². The Morgan fingerprint density at radius 3 is 2.41 bits per heavy atom. The van der Waals surface area contributed by atoms with Gasteiger partial charge in [0.2, 0.25) is 0 Å². The van der Waals surface area contributed by atoms with E-state index in [1.54, 1.807) is 10.8 Å². The van der Waals surface area contributed by atoms with Crippen LogP contribution in [-0.4, -0.2) is 44.7 Å². The maximum absolute atomic E-state index is 12.5. The number of alkyl halides is 6. The quantitative estimate of drug-likeness (QED) is 0.536. The van der Waals surface area contributed by atoms with Crippen molar-refractivity contribution in [1.29, 1.82) is 0 Å². The summed E-state index contributed by atoms with van der Waals surface area (Å²) >= 11 is 1.36. The minimum Gasteiger partial charge on any atom is -0.480 e. The van der Waals surface area contributed by atoms with E-state index in [-0.39, 0.29) is 10.9 Å². The fraction of sp³-hybridized carbons (Fsp3) is 0.333. The number of aromatic amines is 1. The maximum Gasteiger partial charge on any atom is 0.422 e. The molecule has 0 bridgehead atoms. The first kappa shape index (κ1) is 21.4. The standard InChI is InChI=1S/C15H11F6N3O3S2/c16-14(17,18)6-26-11-1-2-22-10(12(11)27-7-15(19,20)21)5-29(25)13-23-8-3-28-4-9(8)24-13/h1-4H,5-7H2,(H,23,24). The number of ether oxygens (including phenoxy) is 2. The van der Waals surface area contributed by atoms with E-state index in [0.717, 1.165) is 12.3 Å². The third kappa shape index (κ3) is 5.82. The number of hydrogen-bond acceptors (Lipinski definition) is 6. The van der Waals surface area contributed by atoms with Crippen LogP contribution in [-0.2, 0) is 16.6 Å². The number of hydrogen-bond donors (Lipinski definition) is 1. The molecule has 0 aliphatic heterocycles. The summed E-state index contributed by atoms with van der Waals surface area (Å²) in [6.07, 6.45) is -8.44. The Bertz CT molecular complexity index is 986. The number of rotatable bonds is 7. The van der Waals surface area contributed by atoms with Gasteiger partial charge in [-0.15, -0.1) is 11.3 Å². The fourth-order valence-corrected chi connectivity index (χ4v) is 3.89. The molecular weight excluding hydrogens is 448 g/mol. The lowest BCUT2D eigenvalue weighted by atomic mass is 10.3. The third-order valence-electron chi connectivity index (χ3n) is 3.30. The second-order valence-electron chi connectivity index (χ2n) is 5.60. The molecule has 0 aliphatic rings. The molecule has 1 atom stereocenters. The van der Waals surface area contributed by atoms with Gasteiger partial charge < -0.3 is 14.5 Å². The van der Waals surface area contributed by atoms with Gasteiger partial charge in [-0.25, -0.2) is 4.98 Å². The molecule has 0 amide bonds. The highest BCUT2D eigenvalue weighted by Gasteiger charge is 2.32. The van der Waals surface area contributed by atoms with E-state index in [0.29, 0.717) is 11.0 Å². The van der Waals surface area contributed by atoms with Crippen molar-refractivity contribution in [3.63, 3.8) is 0 Å². The van der Waals surface area contributed by atoms with Crippen molar-refractivity contribution >= 4 is 33.2 Å². The molecule has 6 nitrogen and oxygen atoms in total. The minimum atomic E-state index is -4.75. The molecule has 1 N–H and O–H groups in total. The van der Waals surface area contributed by atoms with E-state index in [1.165, 1.54) is 11.3 Å². The Balaban J connectivity index is 1.86. The van der Waals surface area contributed by atoms with E-state index in [1.807, 2.05) is 0 Å². The van der Waals surface area contributed by atoms with Crippen molar-refractivity contribution in [3.05, 3.63) is 28.7 Å². The van der Waals surface area contributed by atoms with Crippen molar-refractivity contribution in [2.24, 2.45) is 0 Å². The number of halogens is 6. The van der Waals surface area contributed by atoms with Crippen molar-refractivity contribution < 1.29 is 40.0 Å². The predicted molar refractivity (Wildman–Crippen MR) is 91.4 cm³/mol. The Labute approximate surface area is 165 Å². The lowest BCUT2D eigenvalue weighted by Gasteiger charge is -2.17. The monoisotopic (exact) mass is 459 g/mol. The maximum atomic E-state index is 12.5. The van der Waals surface area contributed by atoms with Crippen LogP contribution in [0.1, 0.15) is 5.69 Å². The Hall–Kier alpha value is -2.35. The molecular formula is C15H11F6N3O3S2. The smallest absolute Gasteiger partial charge is 0.422 e. The molecule has 3 rings (SSSR count). The summed E-state index contributed by atoms with van der Waals surface area (Å²) < 4.78 is 96.7. The van der Waals surface area contributed by atoms with Crippen LogP contribution in [0.25, 0.3) is 11.0 Å². The summed E-state index contributed by atoms with van der Waals surface area (Å²) in [4.78, 5) is 10.7. The summed E-state index contributed by atoms with van der Waals surface area (Å²) in [6, 6.07) is 0.937. The van der Waals surface area contributed by atoms with E-state index < -0.39 is 53.6 Å². The molecule has 0 aromatic carbocycles. The molecule has 3 heterocycles. The van der Waals surface area contributed by atoms with Crippen molar-refractivity contribution in [2.75, 3.05) is 13.2 Å². The molecule has 0 saturated heterocycles. The predicted octanol–water partition coefficient (Wildman–Crippen LogP) is 4.21. The number of aromatic nitrogens is 3. The van der Waals surface area contributed by atoms with E-state index in [2.05, 4.69) is 24.4 Å². The molecule has 0 radical (unpaired) electrons. The number of nitrogens with one attached hydrogen (secondary N) is 1. The van der Waals surface area contributed by atoms with E-state index >= 15 is 0 Å². The summed E-state index contributed by atoms with van der Waals surface area (Å²) in [5, 5.41) is 3.48. The summed E-state index contributed by atoms with van der Waals surface area (Å²) in [6.45, 7) is -3.52. The van der Waals surface area contributed by atoms with Gasteiger partial charge in [-0.05, 0) is 0 Å². The van der Waals surface area contributed by atoms with E-state index in [9.17, 15) is 30.6 Å². The summed E-state index contributed by atoms with van der Waals surface area (Å²) in [7, 11) is -1.87. The number of nitrogens with zero attached hydrogens (tertiary/aromatic N) is 2. The van der Waals surface area contributed by atoms with Crippen LogP contribution >= 0.6 is 11.3 Å². The van der Waals surface area contributed by atoms with Gasteiger partial charge in [-0.3, -0.25) is 9.19 Å². The molecule has 14 heteroatoms. The van der Waals surface area contributed by atoms with Gasteiger partial charge in [0.25, 0.3) is 0 Å².